The highest BCUT2D eigenvalue weighted by Gasteiger charge is 2.22. The lowest BCUT2D eigenvalue weighted by Crippen LogP contribution is -2.48. The summed E-state index contributed by atoms with van der Waals surface area (Å²) in [5.74, 6) is 0.718. The predicted octanol–water partition coefficient (Wildman–Crippen LogP) is 3.23. The van der Waals surface area contributed by atoms with Gasteiger partial charge < -0.3 is 9.42 Å². The van der Waals surface area contributed by atoms with Crippen molar-refractivity contribution in [3.8, 4) is 11.3 Å². The lowest BCUT2D eigenvalue weighted by molar-refractivity contribution is -0.132. The Hall–Kier alpha value is -2.92. The average molecular weight is 361 g/mol. The Balaban J connectivity index is 1.29. The maximum Gasteiger partial charge on any atom is 0.230 e. The average Bonchev–Trinajstić information content (AvgIpc) is 3.18. The predicted molar refractivity (Wildman–Crippen MR) is 104 cm³/mol. The van der Waals surface area contributed by atoms with Gasteiger partial charge in [0.05, 0.1) is 6.42 Å². The minimum Gasteiger partial charge on any atom is -0.360 e. The maximum absolute atomic E-state index is 12.6. The Bertz CT molecular complexity index is 869. The molecule has 1 fully saturated rings. The molecule has 0 bridgehead atoms. The van der Waals surface area contributed by atoms with Crippen molar-refractivity contribution < 1.29 is 9.32 Å². The van der Waals surface area contributed by atoms with Gasteiger partial charge in [-0.1, -0.05) is 65.8 Å². The fourth-order valence-corrected chi connectivity index (χ4v) is 3.40. The van der Waals surface area contributed by atoms with Gasteiger partial charge in [0, 0.05) is 44.4 Å². The smallest absolute Gasteiger partial charge is 0.230 e. The molecule has 0 atom stereocenters. The second-order valence-electron chi connectivity index (χ2n) is 6.86. The molecule has 0 aliphatic carbocycles. The summed E-state index contributed by atoms with van der Waals surface area (Å²) in [6.07, 6.45) is 0.262. The molecule has 2 heterocycles. The molecule has 0 saturated carbocycles. The number of hydrogen-bond donors (Lipinski definition) is 0. The lowest BCUT2D eigenvalue weighted by Gasteiger charge is -2.34. The van der Waals surface area contributed by atoms with Gasteiger partial charge in [-0.05, 0) is 5.56 Å². The summed E-state index contributed by atoms with van der Waals surface area (Å²) in [5, 5.41) is 4.09. The van der Waals surface area contributed by atoms with Gasteiger partial charge in [-0.15, -0.1) is 0 Å². The first kappa shape index (κ1) is 17.5. The lowest BCUT2D eigenvalue weighted by atomic mass is 10.1. The summed E-state index contributed by atoms with van der Waals surface area (Å²) in [4.78, 5) is 16.9. The highest BCUT2D eigenvalue weighted by molar-refractivity contribution is 5.78. The van der Waals surface area contributed by atoms with Crippen molar-refractivity contribution in [3.63, 3.8) is 0 Å². The highest BCUT2D eigenvalue weighted by Crippen LogP contribution is 2.19. The van der Waals surface area contributed by atoms with Crippen LogP contribution < -0.4 is 0 Å². The van der Waals surface area contributed by atoms with Gasteiger partial charge in [-0.3, -0.25) is 9.69 Å². The standard InChI is InChI=1S/C22H23N3O2/c26-22(16-20-15-21(23-27-20)19-9-5-2-6-10-19)25-13-11-24(12-14-25)17-18-7-3-1-4-8-18/h1-10,15H,11-14,16-17H2. The van der Waals surface area contributed by atoms with Gasteiger partial charge >= 0.3 is 0 Å². The van der Waals surface area contributed by atoms with Crippen LogP contribution >= 0.6 is 0 Å². The van der Waals surface area contributed by atoms with E-state index in [0.717, 1.165) is 44.0 Å². The number of amides is 1. The molecular weight excluding hydrogens is 338 g/mol. The van der Waals surface area contributed by atoms with E-state index in [0.29, 0.717) is 5.76 Å². The number of carbonyl (C=O) groups excluding carboxylic acids is 1. The summed E-state index contributed by atoms with van der Waals surface area (Å²) >= 11 is 0. The summed E-state index contributed by atoms with van der Waals surface area (Å²) < 4.78 is 5.37. The van der Waals surface area contributed by atoms with Crippen LogP contribution in [0.4, 0.5) is 0 Å². The van der Waals surface area contributed by atoms with E-state index in [1.807, 2.05) is 47.4 Å². The van der Waals surface area contributed by atoms with Crippen LogP contribution in [-0.4, -0.2) is 47.0 Å². The third kappa shape index (κ3) is 4.44. The van der Waals surface area contributed by atoms with E-state index in [2.05, 4.69) is 34.3 Å². The minimum absolute atomic E-state index is 0.102. The van der Waals surface area contributed by atoms with Crippen LogP contribution in [0.25, 0.3) is 11.3 Å². The van der Waals surface area contributed by atoms with Gasteiger partial charge in [0.1, 0.15) is 11.5 Å². The fourth-order valence-electron chi connectivity index (χ4n) is 3.40. The Kier molecular flexibility index (Phi) is 5.30. The summed E-state index contributed by atoms with van der Waals surface area (Å²) in [6.45, 7) is 4.24. The Morgan fingerprint density at radius 1 is 0.926 bits per heavy atom. The molecule has 0 spiro atoms. The van der Waals surface area contributed by atoms with E-state index in [1.165, 1.54) is 5.56 Å². The number of hydrogen-bond acceptors (Lipinski definition) is 4. The quantitative estimate of drug-likeness (QED) is 0.700. The van der Waals surface area contributed by atoms with Crippen molar-refractivity contribution in [3.05, 3.63) is 78.1 Å². The zero-order chi connectivity index (χ0) is 18.5. The fraction of sp³-hybridized carbons (Fsp3) is 0.273. The topological polar surface area (TPSA) is 49.6 Å². The molecule has 1 aromatic heterocycles. The second-order valence-corrected chi connectivity index (χ2v) is 6.86. The first-order chi connectivity index (χ1) is 13.3. The SMILES string of the molecule is O=C(Cc1cc(-c2ccccc2)no1)N1CCN(Cc2ccccc2)CC1. The van der Waals surface area contributed by atoms with Crippen molar-refractivity contribution >= 4 is 5.91 Å². The van der Waals surface area contributed by atoms with Crippen LogP contribution in [0.5, 0.6) is 0 Å². The molecule has 1 aliphatic heterocycles. The molecule has 138 valence electrons. The molecule has 2 aromatic carbocycles. The van der Waals surface area contributed by atoms with E-state index in [1.54, 1.807) is 0 Å². The summed E-state index contributed by atoms with van der Waals surface area (Å²) in [6, 6.07) is 22.2. The van der Waals surface area contributed by atoms with Gasteiger partial charge in [0.2, 0.25) is 5.91 Å². The number of aromatic nitrogens is 1. The van der Waals surface area contributed by atoms with E-state index in [9.17, 15) is 4.79 Å². The molecule has 3 aromatic rings. The van der Waals surface area contributed by atoms with Crippen molar-refractivity contribution in [2.45, 2.75) is 13.0 Å². The Morgan fingerprint density at radius 2 is 1.59 bits per heavy atom. The molecule has 0 radical (unpaired) electrons. The minimum atomic E-state index is 0.102. The first-order valence-electron chi connectivity index (χ1n) is 9.33. The highest BCUT2D eigenvalue weighted by atomic mass is 16.5. The normalized spacial score (nSPS) is 15.0. The third-order valence-corrected chi connectivity index (χ3v) is 4.93. The van der Waals surface area contributed by atoms with Crippen molar-refractivity contribution in [2.24, 2.45) is 0 Å². The molecule has 1 saturated heterocycles. The molecule has 1 amide bonds. The number of benzene rings is 2. The molecular formula is C22H23N3O2. The first-order valence-corrected chi connectivity index (χ1v) is 9.33. The molecule has 0 unspecified atom stereocenters. The molecule has 1 aliphatic rings. The second kappa shape index (κ2) is 8.18. The van der Waals surface area contributed by atoms with E-state index in [-0.39, 0.29) is 12.3 Å². The van der Waals surface area contributed by atoms with Crippen LogP contribution in [0.3, 0.4) is 0 Å². The van der Waals surface area contributed by atoms with Gasteiger partial charge in [-0.25, -0.2) is 0 Å². The van der Waals surface area contributed by atoms with E-state index < -0.39 is 0 Å². The molecule has 0 N–H and O–H groups in total. The molecule has 5 nitrogen and oxygen atoms in total. The van der Waals surface area contributed by atoms with Crippen LogP contribution in [-0.2, 0) is 17.8 Å². The van der Waals surface area contributed by atoms with Crippen LogP contribution in [0.2, 0.25) is 0 Å². The van der Waals surface area contributed by atoms with Gasteiger partial charge in [0.15, 0.2) is 0 Å². The summed E-state index contributed by atoms with van der Waals surface area (Å²) in [7, 11) is 0. The van der Waals surface area contributed by atoms with Crippen molar-refractivity contribution in [1.82, 2.24) is 15.0 Å². The zero-order valence-electron chi connectivity index (χ0n) is 15.3. The number of nitrogens with zero attached hydrogens (tertiary/aromatic N) is 3. The monoisotopic (exact) mass is 361 g/mol. The third-order valence-electron chi connectivity index (χ3n) is 4.93. The maximum atomic E-state index is 12.6. The molecule has 27 heavy (non-hydrogen) atoms. The number of piperazine rings is 1. The number of carbonyl (C=O) groups is 1. The van der Waals surface area contributed by atoms with Crippen LogP contribution in [0, 0.1) is 0 Å². The van der Waals surface area contributed by atoms with E-state index >= 15 is 0 Å². The van der Waals surface area contributed by atoms with Gasteiger partial charge in [-0.2, -0.15) is 0 Å². The largest absolute Gasteiger partial charge is 0.360 e. The van der Waals surface area contributed by atoms with Crippen LogP contribution in [0.15, 0.2) is 71.3 Å². The summed E-state index contributed by atoms with van der Waals surface area (Å²) in [5.41, 5.74) is 3.08. The zero-order valence-corrected chi connectivity index (χ0v) is 15.3. The molecule has 4 rings (SSSR count). The number of rotatable bonds is 5. The van der Waals surface area contributed by atoms with E-state index in [4.69, 9.17) is 4.52 Å². The Morgan fingerprint density at radius 3 is 2.30 bits per heavy atom. The van der Waals surface area contributed by atoms with Gasteiger partial charge in [0.25, 0.3) is 0 Å². The van der Waals surface area contributed by atoms with Crippen molar-refractivity contribution in [2.75, 3.05) is 26.2 Å². The molecule has 5 heteroatoms. The Labute approximate surface area is 159 Å². The van der Waals surface area contributed by atoms with Crippen molar-refractivity contribution in [1.29, 1.82) is 0 Å². The van der Waals surface area contributed by atoms with Crippen LogP contribution in [0.1, 0.15) is 11.3 Å².